The van der Waals surface area contributed by atoms with Crippen molar-refractivity contribution in [3.8, 4) is 0 Å². The van der Waals surface area contributed by atoms with Crippen LogP contribution in [0.5, 0.6) is 0 Å². The number of likely N-dealkylation sites (tertiary alicyclic amines) is 1. The third-order valence-corrected chi connectivity index (χ3v) is 3.40. The lowest BCUT2D eigenvalue weighted by Gasteiger charge is -2.31. The normalized spacial score (nSPS) is 20.0. The summed E-state index contributed by atoms with van der Waals surface area (Å²) in [6.45, 7) is 11.9. The molecule has 0 unspecified atom stereocenters. The highest BCUT2D eigenvalue weighted by molar-refractivity contribution is 5.76. The molecule has 21 heavy (non-hydrogen) atoms. The molecule has 0 aromatic heterocycles. The minimum absolute atomic E-state index is 0.170. The number of hydrogen-bond acceptors (Lipinski definition) is 4. The zero-order valence-corrected chi connectivity index (χ0v) is 13.6. The maximum absolute atomic E-state index is 12.3. The van der Waals surface area contributed by atoms with Gasteiger partial charge in [0.15, 0.2) is 0 Å². The first-order valence-corrected chi connectivity index (χ1v) is 7.57. The Hall–Kier alpha value is -1.52. The van der Waals surface area contributed by atoms with Crippen LogP contribution in [0, 0.1) is 5.92 Å². The second kappa shape index (κ2) is 7.48. The van der Waals surface area contributed by atoms with Crippen molar-refractivity contribution in [2.75, 3.05) is 13.2 Å². The van der Waals surface area contributed by atoms with E-state index in [-0.39, 0.29) is 24.0 Å². The molecule has 1 aliphatic heterocycles. The number of amides is 1. The lowest BCUT2D eigenvalue weighted by Crippen LogP contribution is -2.45. The summed E-state index contributed by atoms with van der Waals surface area (Å²) < 4.78 is 10.6. The number of carbonyl (C=O) groups excluding carboxylic acids is 2. The molecule has 5 heteroatoms. The van der Waals surface area contributed by atoms with E-state index in [0.29, 0.717) is 19.6 Å². The largest absolute Gasteiger partial charge is 0.466 e. The van der Waals surface area contributed by atoms with Crippen LogP contribution in [-0.4, -0.2) is 41.8 Å². The molecule has 1 saturated heterocycles. The highest BCUT2D eigenvalue weighted by Gasteiger charge is 2.40. The van der Waals surface area contributed by atoms with Crippen LogP contribution in [0.1, 0.15) is 47.0 Å². The van der Waals surface area contributed by atoms with Crippen LogP contribution in [-0.2, 0) is 14.3 Å². The van der Waals surface area contributed by atoms with Crippen molar-refractivity contribution in [1.29, 1.82) is 0 Å². The minimum Gasteiger partial charge on any atom is -0.466 e. The number of esters is 1. The fourth-order valence-electron chi connectivity index (χ4n) is 2.60. The number of carbonyl (C=O) groups is 2. The van der Waals surface area contributed by atoms with E-state index in [4.69, 9.17) is 9.47 Å². The quantitative estimate of drug-likeness (QED) is 0.578. The maximum Gasteiger partial charge on any atom is 0.410 e. The second-order valence-corrected chi connectivity index (χ2v) is 6.27. The number of rotatable bonds is 5. The summed E-state index contributed by atoms with van der Waals surface area (Å²) in [5.74, 6) is -0.629. The summed E-state index contributed by atoms with van der Waals surface area (Å²) in [6, 6.07) is -0.170. The lowest BCUT2D eigenvalue weighted by atomic mass is 9.94. The van der Waals surface area contributed by atoms with Crippen molar-refractivity contribution < 1.29 is 19.1 Å². The van der Waals surface area contributed by atoms with Crippen molar-refractivity contribution in [3.63, 3.8) is 0 Å². The zero-order chi connectivity index (χ0) is 16.0. The molecule has 1 aliphatic rings. The van der Waals surface area contributed by atoms with Crippen LogP contribution in [0.3, 0.4) is 0 Å². The molecule has 1 rings (SSSR count). The van der Waals surface area contributed by atoms with Gasteiger partial charge in [0, 0.05) is 12.6 Å². The molecule has 1 heterocycles. The Labute approximate surface area is 127 Å². The minimum atomic E-state index is -0.540. The van der Waals surface area contributed by atoms with Crippen molar-refractivity contribution in [3.05, 3.63) is 12.7 Å². The van der Waals surface area contributed by atoms with E-state index >= 15 is 0 Å². The predicted octanol–water partition coefficient (Wildman–Crippen LogP) is 3.14. The Balaban J connectivity index is 2.83. The van der Waals surface area contributed by atoms with Crippen molar-refractivity contribution in [2.45, 2.75) is 58.6 Å². The number of allylic oxidation sites excluding steroid dienone is 1. The molecular weight excluding hydrogens is 270 g/mol. The number of nitrogens with zero attached hydrogens (tertiary/aromatic N) is 1. The van der Waals surface area contributed by atoms with Crippen LogP contribution < -0.4 is 0 Å². The SMILES string of the molecule is C=CC[C@@H](C(=O)OCC)[C@@H]1CCCN1C(=O)OC(C)(C)C. The summed E-state index contributed by atoms with van der Waals surface area (Å²) in [7, 11) is 0. The fraction of sp³-hybridized carbons (Fsp3) is 0.750. The first-order chi connectivity index (χ1) is 9.80. The van der Waals surface area contributed by atoms with Crippen molar-refractivity contribution in [1.82, 2.24) is 4.90 Å². The van der Waals surface area contributed by atoms with Crippen LogP contribution in [0.2, 0.25) is 0 Å². The van der Waals surface area contributed by atoms with Gasteiger partial charge in [-0.3, -0.25) is 4.79 Å². The number of hydrogen-bond donors (Lipinski definition) is 0. The molecule has 120 valence electrons. The van der Waals surface area contributed by atoms with Gasteiger partial charge in [0.1, 0.15) is 5.60 Å². The summed E-state index contributed by atoms with van der Waals surface area (Å²) in [5, 5.41) is 0. The molecule has 0 aromatic rings. The van der Waals surface area contributed by atoms with Gasteiger partial charge >= 0.3 is 12.1 Å². The fourth-order valence-corrected chi connectivity index (χ4v) is 2.60. The molecule has 2 atom stereocenters. The van der Waals surface area contributed by atoms with Gasteiger partial charge in [0.25, 0.3) is 0 Å². The van der Waals surface area contributed by atoms with E-state index in [1.807, 2.05) is 20.8 Å². The highest BCUT2D eigenvalue weighted by atomic mass is 16.6. The van der Waals surface area contributed by atoms with Gasteiger partial charge in [-0.25, -0.2) is 4.79 Å². The van der Waals surface area contributed by atoms with E-state index in [1.54, 1.807) is 17.9 Å². The van der Waals surface area contributed by atoms with Gasteiger partial charge in [-0.1, -0.05) is 6.08 Å². The van der Waals surface area contributed by atoms with E-state index in [0.717, 1.165) is 12.8 Å². The maximum atomic E-state index is 12.3. The standard InChI is InChI=1S/C16H27NO4/c1-6-9-12(14(18)20-7-2)13-10-8-11-17(13)15(19)21-16(3,4)5/h6,12-13H,1,7-11H2,2-5H3/t12-,13+/m1/s1. The molecule has 0 N–H and O–H groups in total. The van der Waals surface area contributed by atoms with Crippen LogP contribution in [0.4, 0.5) is 4.79 Å². The van der Waals surface area contributed by atoms with Gasteiger partial charge in [0.05, 0.1) is 12.5 Å². The summed E-state index contributed by atoms with van der Waals surface area (Å²) >= 11 is 0. The molecule has 0 spiro atoms. The van der Waals surface area contributed by atoms with Gasteiger partial charge < -0.3 is 14.4 Å². The average Bonchev–Trinajstić information content (AvgIpc) is 2.83. The molecule has 5 nitrogen and oxygen atoms in total. The Bertz CT molecular complexity index is 386. The Morgan fingerprint density at radius 1 is 1.43 bits per heavy atom. The van der Waals surface area contributed by atoms with E-state index < -0.39 is 5.60 Å². The van der Waals surface area contributed by atoms with E-state index in [9.17, 15) is 9.59 Å². The van der Waals surface area contributed by atoms with Crippen LogP contribution >= 0.6 is 0 Å². The second-order valence-electron chi connectivity index (χ2n) is 6.27. The number of ether oxygens (including phenoxy) is 2. The van der Waals surface area contributed by atoms with Gasteiger partial charge in [0.2, 0.25) is 0 Å². The molecule has 1 amide bonds. The molecular formula is C16H27NO4. The first-order valence-electron chi connectivity index (χ1n) is 7.57. The molecule has 0 aromatic carbocycles. The highest BCUT2D eigenvalue weighted by Crippen LogP contribution is 2.29. The van der Waals surface area contributed by atoms with Gasteiger partial charge in [-0.15, -0.1) is 6.58 Å². The molecule has 0 bridgehead atoms. The van der Waals surface area contributed by atoms with E-state index in [1.165, 1.54) is 0 Å². The Kier molecular flexibility index (Phi) is 6.24. The lowest BCUT2D eigenvalue weighted by molar-refractivity contribution is -0.149. The van der Waals surface area contributed by atoms with Crippen molar-refractivity contribution >= 4 is 12.1 Å². The van der Waals surface area contributed by atoms with E-state index in [2.05, 4.69) is 6.58 Å². The summed E-state index contributed by atoms with van der Waals surface area (Å²) in [4.78, 5) is 26.1. The predicted molar refractivity (Wildman–Crippen MR) is 80.9 cm³/mol. The smallest absolute Gasteiger partial charge is 0.410 e. The molecule has 0 radical (unpaired) electrons. The topological polar surface area (TPSA) is 55.8 Å². The van der Waals surface area contributed by atoms with Gasteiger partial charge in [-0.05, 0) is 47.0 Å². The molecule has 1 fully saturated rings. The third-order valence-electron chi connectivity index (χ3n) is 3.40. The van der Waals surface area contributed by atoms with Gasteiger partial charge in [-0.2, -0.15) is 0 Å². The summed E-state index contributed by atoms with van der Waals surface area (Å²) in [5.41, 5.74) is -0.540. The Morgan fingerprint density at radius 3 is 2.62 bits per heavy atom. The van der Waals surface area contributed by atoms with Crippen molar-refractivity contribution in [2.24, 2.45) is 5.92 Å². The molecule has 0 saturated carbocycles. The van der Waals surface area contributed by atoms with Crippen LogP contribution in [0.25, 0.3) is 0 Å². The third kappa shape index (κ3) is 5.06. The Morgan fingerprint density at radius 2 is 2.10 bits per heavy atom. The monoisotopic (exact) mass is 297 g/mol. The molecule has 0 aliphatic carbocycles. The van der Waals surface area contributed by atoms with Crippen LogP contribution in [0.15, 0.2) is 12.7 Å². The first kappa shape index (κ1) is 17.5. The zero-order valence-electron chi connectivity index (χ0n) is 13.6. The average molecular weight is 297 g/mol. The summed E-state index contributed by atoms with van der Waals surface area (Å²) in [6.07, 6.45) is 3.51.